The Kier molecular flexibility index (Phi) is 3.22. The summed E-state index contributed by atoms with van der Waals surface area (Å²) in [6, 6.07) is 3.78. The number of halogens is 1. The monoisotopic (exact) mass is 250 g/mol. The van der Waals surface area contributed by atoms with Crippen molar-refractivity contribution in [3.8, 4) is 11.5 Å². The Balaban J connectivity index is 2.32. The van der Waals surface area contributed by atoms with Crippen LogP contribution in [-0.4, -0.2) is 22.6 Å². The zero-order valence-corrected chi connectivity index (χ0v) is 9.61. The molecule has 2 rings (SSSR count). The summed E-state index contributed by atoms with van der Waals surface area (Å²) in [4.78, 5) is 15.3. The number of hydrogen-bond donors (Lipinski definition) is 2. The summed E-state index contributed by atoms with van der Waals surface area (Å²) in [7, 11) is 0. The number of carbonyl (C=O) groups is 1. The molecule has 0 aliphatic rings. The number of nitrogens with two attached hydrogens (primary N) is 1. The molecule has 0 aliphatic heterocycles. The average Bonchev–Trinajstić information content (AvgIpc) is 2.78. The summed E-state index contributed by atoms with van der Waals surface area (Å²) in [6.45, 7) is 2.23. The minimum atomic E-state index is -0.459. The molecule has 1 heterocycles. The Labute approximate surface area is 102 Å². The van der Waals surface area contributed by atoms with E-state index in [1.54, 1.807) is 6.92 Å². The maximum absolute atomic E-state index is 12.9. The van der Waals surface area contributed by atoms with Crippen LogP contribution >= 0.6 is 0 Å². The number of hydrogen-bond acceptors (Lipinski definition) is 5. The summed E-state index contributed by atoms with van der Waals surface area (Å²) in [6.07, 6.45) is 0. The minimum absolute atomic E-state index is 0.0775. The van der Waals surface area contributed by atoms with E-state index in [0.29, 0.717) is 12.1 Å². The third-order valence-electron chi connectivity index (χ3n) is 2.21. The summed E-state index contributed by atoms with van der Waals surface area (Å²) < 4.78 is 17.8. The predicted octanol–water partition coefficient (Wildman–Crippen LogP) is 1.21. The second-order valence-electron chi connectivity index (χ2n) is 3.51. The summed E-state index contributed by atoms with van der Waals surface area (Å²) in [5, 5.41) is 6.06. The number of carbonyl (C=O) groups excluding carboxylic acids is 1. The van der Waals surface area contributed by atoms with Crippen molar-refractivity contribution < 1.29 is 13.7 Å². The number of amides is 1. The van der Waals surface area contributed by atoms with E-state index < -0.39 is 11.7 Å². The molecule has 1 aromatic carbocycles. The molecule has 0 bridgehead atoms. The molecule has 0 atom stereocenters. The van der Waals surface area contributed by atoms with E-state index in [0.717, 1.165) is 6.07 Å². The van der Waals surface area contributed by atoms with Crippen LogP contribution in [0.15, 0.2) is 22.7 Å². The topological polar surface area (TPSA) is 94.0 Å². The van der Waals surface area contributed by atoms with Crippen molar-refractivity contribution in [3.05, 3.63) is 29.8 Å². The van der Waals surface area contributed by atoms with Crippen LogP contribution in [0.5, 0.6) is 0 Å². The Morgan fingerprint density at radius 2 is 2.33 bits per heavy atom. The van der Waals surface area contributed by atoms with Gasteiger partial charge in [0.25, 0.3) is 17.6 Å². The third kappa shape index (κ3) is 2.29. The molecule has 18 heavy (non-hydrogen) atoms. The first-order valence-electron chi connectivity index (χ1n) is 5.29. The molecule has 0 saturated carbocycles. The molecule has 1 amide bonds. The van der Waals surface area contributed by atoms with Gasteiger partial charge in [-0.05, 0) is 25.1 Å². The van der Waals surface area contributed by atoms with Gasteiger partial charge in [-0.15, -0.1) is 0 Å². The van der Waals surface area contributed by atoms with E-state index in [2.05, 4.69) is 15.5 Å². The zero-order valence-electron chi connectivity index (χ0n) is 9.61. The predicted molar refractivity (Wildman–Crippen MR) is 62.1 cm³/mol. The summed E-state index contributed by atoms with van der Waals surface area (Å²) in [5.74, 6) is -0.905. The maximum atomic E-state index is 12.9. The number of anilines is 1. The number of benzene rings is 1. The standard InChI is InChI=1S/C11H11FN4O2/c1-2-14-10(17)9-15-11(18-16-9)7-4-3-6(12)5-8(7)13/h3-5H,2,13H2,1H3,(H,14,17). The fourth-order valence-corrected chi connectivity index (χ4v) is 1.39. The molecule has 94 valence electrons. The molecule has 0 aliphatic carbocycles. The van der Waals surface area contributed by atoms with E-state index in [4.69, 9.17) is 10.3 Å². The molecule has 7 heteroatoms. The molecule has 6 nitrogen and oxygen atoms in total. The number of nitrogens with zero attached hydrogens (tertiary/aromatic N) is 2. The number of rotatable bonds is 3. The van der Waals surface area contributed by atoms with Crippen molar-refractivity contribution in [2.24, 2.45) is 0 Å². The van der Waals surface area contributed by atoms with Gasteiger partial charge in [-0.25, -0.2) is 4.39 Å². The van der Waals surface area contributed by atoms with Gasteiger partial charge in [-0.3, -0.25) is 4.79 Å². The molecule has 0 saturated heterocycles. The Bertz CT molecular complexity index is 582. The van der Waals surface area contributed by atoms with Gasteiger partial charge in [-0.1, -0.05) is 5.16 Å². The molecule has 0 unspecified atom stereocenters. The Morgan fingerprint density at radius 3 is 3.00 bits per heavy atom. The number of nitrogen functional groups attached to an aromatic ring is 1. The van der Waals surface area contributed by atoms with Crippen molar-refractivity contribution in [2.45, 2.75) is 6.92 Å². The lowest BCUT2D eigenvalue weighted by molar-refractivity contribution is 0.0942. The first-order chi connectivity index (χ1) is 8.61. The highest BCUT2D eigenvalue weighted by atomic mass is 19.1. The SMILES string of the molecule is CCNC(=O)c1noc(-c2ccc(F)cc2N)n1. The van der Waals surface area contributed by atoms with E-state index >= 15 is 0 Å². The van der Waals surface area contributed by atoms with Crippen LogP contribution in [0.3, 0.4) is 0 Å². The molecular formula is C11H11FN4O2. The molecule has 0 spiro atoms. The fraction of sp³-hybridized carbons (Fsp3) is 0.182. The summed E-state index contributed by atoms with van der Waals surface area (Å²) in [5.41, 5.74) is 6.19. The Morgan fingerprint density at radius 1 is 1.56 bits per heavy atom. The minimum Gasteiger partial charge on any atom is -0.398 e. The second kappa shape index (κ2) is 4.82. The van der Waals surface area contributed by atoms with Gasteiger partial charge in [0.15, 0.2) is 0 Å². The van der Waals surface area contributed by atoms with Crippen LogP contribution in [-0.2, 0) is 0 Å². The molecule has 1 aromatic heterocycles. The van der Waals surface area contributed by atoms with E-state index in [1.165, 1.54) is 12.1 Å². The lowest BCUT2D eigenvalue weighted by Crippen LogP contribution is -2.23. The van der Waals surface area contributed by atoms with Gasteiger partial charge in [0, 0.05) is 12.2 Å². The maximum Gasteiger partial charge on any atom is 0.292 e. The van der Waals surface area contributed by atoms with Crippen LogP contribution in [0.4, 0.5) is 10.1 Å². The van der Waals surface area contributed by atoms with Crippen LogP contribution in [0.1, 0.15) is 17.5 Å². The smallest absolute Gasteiger partial charge is 0.292 e. The quantitative estimate of drug-likeness (QED) is 0.798. The van der Waals surface area contributed by atoms with E-state index in [1.807, 2.05) is 0 Å². The van der Waals surface area contributed by atoms with Crippen molar-refractivity contribution in [2.75, 3.05) is 12.3 Å². The number of nitrogens with one attached hydrogen (secondary N) is 1. The van der Waals surface area contributed by atoms with Gasteiger partial charge in [0.2, 0.25) is 0 Å². The zero-order chi connectivity index (χ0) is 13.1. The van der Waals surface area contributed by atoms with Gasteiger partial charge >= 0.3 is 0 Å². The van der Waals surface area contributed by atoms with E-state index in [9.17, 15) is 9.18 Å². The van der Waals surface area contributed by atoms with Crippen molar-refractivity contribution in [1.29, 1.82) is 0 Å². The van der Waals surface area contributed by atoms with Crippen LogP contribution < -0.4 is 11.1 Å². The van der Waals surface area contributed by atoms with Crippen molar-refractivity contribution in [3.63, 3.8) is 0 Å². The van der Waals surface area contributed by atoms with Crippen LogP contribution in [0, 0.1) is 5.82 Å². The number of aromatic nitrogens is 2. The first-order valence-corrected chi connectivity index (χ1v) is 5.29. The fourth-order valence-electron chi connectivity index (χ4n) is 1.39. The van der Waals surface area contributed by atoms with Gasteiger partial charge < -0.3 is 15.6 Å². The van der Waals surface area contributed by atoms with Crippen LogP contribution in [0.2, 0.25) is 0 Å². The highest BCUT2D eigenvalue weighted by Gasteiger charge is 2.16. The van der Waals surface area contributed by atoms with Gasteiger partial charge in [-0.2, -0.15) is 4.98 Å². The molecular weight excluding hydrogens is 239 g/mol. The highest BCUT2D eigenvalue weighted by Crippen LogP contribution is 2.24. The first kappa shape index (κ1) is 12.0. The average molecular weight is 250 g/mol. The Hall–Kier alpha value is -2.44. The van der Waals surface area contributed by atoms with Crippen molar-refractivity contribution in [1.82, 2.24) is 15.5 Å². The lowest BCUT2D eigenvalue weighted by atomic mass is 10.2. The molecule has 0 fully saturated rings. The molecule has 3 N–H and O–H groups in total. The second-order valence-corrected chi connectivity index (χ2v) is 3.51. The van der Waals surface area contributed by atoms with E-state index in [-0.39, 0.29) is 17.4 Å². The largest absolute Gasteiger partial charge is 0.398 e. The highest BCUT2D eigenvalue weighted by molar-refractivity contribution is 5.90. The van der Waals surface area contributed by atoms with Crippen LogP contribution in [0.25, 0.3) is 11.5 Å². The van der Waals surface area contributed by atoms with Gasteiger partial charge in [0.05, 0.1) is 5.56 Å². The third-order valence-corrected chi connectivity index (χ3v) is 2.21. The molecule has 0 radical (unpaired) electrons. The normalized spacial score (nSPS) is 10.3. The lowest BCUT2D eigenvalue weighted by Gasteiger charge is -1.99. The summed E-state index contributed by atoms with van der Waals surface area (Å²) >= 11 is 0. The molecule has 2 aromatic rings. The van der Waals surface area contributed by atoms with Crippen molar-refractivity contribution >= 4 is 11.6 Å². The van der Waals surface area contributed by atoms with Gasteiger partial charge in [0.1, 0.15) is 5.82 Å².